The predicted molar refractivity (Wildman–Crippen MR) is 77.8 cm³/mol. The number of urea groups is 1. The summed E-state index contributed by atoms with van der Waals surface area (Å²) in [6.07, 6.45) is 4.81. The zero-order valence-electron chi connectivity index (χ0n) is 11.1. The molecule has 0 spiro atoms. The molecule has 0 unspecified atom stereocenters. The zero-order chi connectivity index (χ0) is 14.5. The van der Waals surface area contributed by atoms with E-state index in [2.05, 4.69) is 10.3 Å². The molecule has 0 saturated heterocycles. The number of rotatable bonds is 5. The Morgan fingerprint density at radius 2 is 1.86 bits per heavy atom. The average Bonchev–Trinajstić information content (AvgIpc) is 3.21. The topological polar surface area (TPSA) is 71.5 Å². The minimum atomic E-state index is -0.252. The van der Waals surface area contributed by atoms with Crippen LogP contribution < -0.4 is 5.32 Å². The van der Waals surface area contributed by atoms with Gasteiger partial charge in [0.1, 0.15) is 11.5 Å². The van der Waals surface area contributed by atoms with Gasteiger partial charge in [-0.1, -0.05) is 0 Å². The Morgan fingerprint density at radius 1 is 1.19 bits per heavy atom. The van der Waals surface area contributed by atoms with E-state index >= 15 is 0 Å². The standard InChI is InChI=1S/C14H13N3O3S/c18-14(16-13-15-5-8-21-13)17(9-11-3-1-6-19-11)10-12-4-2-7-20-12/h1-8H,9-10H2,(H,15,16,18). The van der Waals surface area contributed by atoms with Crippen molar-refractivity contribution in [1.82, 2.24) is 9.88 Å². The molecule has 3 aromatic heterocycles. The van der Waals surface area contributed by atoms with E-state index in [-0.39, 0.29) is 6.03 Å². The van der Waals surface area contributed by atoms with Gasteiger partial charge < -0.3 is 13.7 Å². The summed E-state index contributed by atoms with van der Waals surface area (Å²) in [5, 5.41) is 5.12. The molecule has 6 nitrogen and oxygen atoms in total. The van der Waals surface area contributed by atoms with E-state index in [9.17, 15) is 4.79 Å². The third kappa shape index (κ3) is 3.51. The first kappa shape index (κ1) is 13.4. The maximum absolute atomic E-state index is 12.4. The number of anilines is 1. The van der Waals surface area contributed by atoms with Gasteiger partial charge in [0.2, 0.25) is 0 Å². The lowest BCUT2D eigenvalue weighted by Gasteiger charge is -2.20. The van der Waals surface area contributed by atoms with Crippen molar-refractivity contribution in [3.8, 4) is 0 Å². The lowest BCUT2D eigenvalue weighted by molar-refractivity contribution is 0.195. The highest BCUT2D eigenvalue weighted by Crippen LogP contribution is 2.15. The van der Waals surface area contributed by atoms with Crippen LogP contribution in [0.4, 0.5) is 9.93 Å². The molecule has 0 aliphatic heterocycles. The van der Waals surface area contributed by atoms with Crippen molar-refractivity contribution in [2.45, 2.75) is 13.1 Å². The molecule has 0 fully saturated rings. The first-order valence-corrected chi connectivity index (χ1v) is 7.19. The fourth-order valence-corrected chi connectivity index (χ4v) is 2.36. The molecule has 1 N–H and O–H groups in total. The summed E-state index contributed by atoms with van der Waals surface area (Å²) >= 11 is 1.37. The molecule has 0 aromatic carbocycles. The number of hydrogen-bond donors (Lipinski definition) is 1. The van der Waals surface area contributed by atoms with Crippen LogP contribution in [0, 0.1) is 0 Å². The van der Waals surface area contributed by atoms with Crippen LogP contribution in [0.5, 0.6) is 0 Å². The van der Waals surface area contributed by atoms with Gasteiger partial charge in [0, 0.05) is 11.6 Å². The molecule has 0 radical (unpaired) electrons. The third-order valence-corrected chi connectivity index (χ3v) is 3.48. The first-order valence-electron chi connectivity index (χ1n) is 6.31. The van der Waals surface area contributed by atoms with Crippen LogP contribution >= 0.6 is 11.3 Å². The summed E-state index contributed by atoms with van der Waals surface area (Å²) in [6, 6.07) is 6.98. The van der Waals surface area contributed by atoms with Crippen molar-refractivity contribution in [3.63, 3.8) is 0 Å². The predicted octanol–water partition coefficient (Wildman–Crippen LogP) is 3.56. The van der Waals surface area contributed by atoms with Crippen molar-refractivity contribution in [2.75, 3.05) is 5.32 Å². The summed E-state index contributed by atoms with van der Waals surface area (Å²) in [4.78, 5) is 18.0. The molecule has 0 aliphatic carbocycles. The zero-order valence-corrected chi connectivity index (χ0v) is 11.9. The van der Waals surface area contributed by atoms with Gasteiger partial charge in [0.15, 0.2) is 5.13 Å². The molecule has 0 atom stereocenters. The summed E-state index contributed by atoms with van der Waals surface area (Å²) in [7, 11) is 0. The highest BCUT2D eigenvalue weighted by atomic mass is 32.1. The Hall–Kier alpha value is -2.54. The molecule has 0 saturated carbocycles. The largest absolute Gasteiger partial charge is 0.467 e. The number of carbonyl (C=O) groups is 1. The smallest absolute Gasteiger partial charge is 0.324 e. The third-order valence-electron chi connectivity index (χ3n) is 2.79. The number of furan rings is 2. The van der Waals surface area contributed by atoms with Crippen LogP contribution in [0.1, 0.15) is 11.5 Å². The molecule has 2 amide bonds. The van der Waals surface area contributed by atoms with E-state index in [0.717, 1.165) is 0 Å². The second kappa shape index (κ2) is 6.27. The van der Waals surface area contributed by atoms with Crippen LogP contribution in [-0.2, 0) is 13.1 Å². The molecule has 0 aliphatic rings. The highest BCUT2D eigenvalue weighted by Gasteiger charge is 2.18. The van der Waals surface area contributed by atoms with E-state index in [4.69, 9.17) is 8.83 Å². The van der Waals surface area contributed by atoms with Gasteiger partial charge in [-0.3, -0.25) is 5.32 Å². The number of carbonyl (C=O) groups excluding carboxylic acids is 1. The maximum atomic E-state index is 12.4. The maximum Gasteiger partial charge on any atom is 0.324 e. The molecule has 108 valence electrons. The summed E-state index contributed by atoms with van der Waals surface area (Å²) < 4.78 is 10.6. The first-order chi connectivity index (χ1) is 10.3. The number of hydrogen-bond acceptors (Lipinski definition) is 5. The Bertz CT molecular complexity index is 626. The molecular formula is C14H13N3O3S. The van der Waals surface area contributed by atoms with Gasteiger partial charge in [0.25, 0.3) is 0 Å². The summed E-state index contributed by atoms with van der Waals surface area (Å²) in [6.45, 7) is 0.704. The van der Waals surface area contributed by atoms with Crippen molar-refractivity contribution >= 4 is 22.5 Å². The van der Waals surface area contributed by atoms with Gasteiger partial charge in [-0.25, -0.2) is 9.78 Å². The van der Waals surface area contributed by atoms with Crippen LogP contribution in [0.15, 0.2) is 57.2 Å². The molecule has 0 bridgehead atoms. The lowest BCUT2D eigenvalue weighted by Crippen LogP contribution is -2.33. The Labute approximate surface area is 125 Å². The van der Waals surface area contributed by atoms with E-state index in [1.165, 1.54) is 11.3 Å². The number of nitrogens with one attached hydrogen (secondary N) is 1. The summed E-state index contributed by atoms with van der Waals surface area (Å²) in [5.74, 6) is 1.41. The molecule has 3 aromatic rings. The van der Waals surface area contributed by atoms with E-state index in [0.29, 0.717) is 29.7 Å². The van der Waals surface area contributed by atoms with Crippen LogP contribution in [0.25, 0.3) is 0 Å². The van der Waals surface area contributed by atoms with Crippen LogP contribution in [0.3, 0.4) is 0 Å². The second-order valence-electron chi connectivity index (χ2n) is 4.28. The van der Waals surface area contributed by atoms with Crippen molar-refractivity contribution in [3.05, 3.63) is 59.9 Å². The van der Waals surface area contributed by atoms with Gasteiger partial charge in [-0.2, -0.15) is 0 Å². The summed E-state index contributed by atoms with van der Waals surface area (Å²) in [5.41, 5.74) is 0. The minimum absolute atomic E-state index is 0.252. The Balaban J connectivity index is 1.72. The van der Waals surface area contributed by atoms with Crippen LogP contribution in [-0.4, -0.2) is 15.9 Å². The van der Waals surface area contributed by atoms with Crippen molar-refractivity contribution in [2.24, 2.45) is 0 Å². The lowest BCUT2D eigenvalue weighted by atomic mass is 10.3. The minimum Gasteiger partial charge on any atom is -0.467 e. The molecule has 21 heavy (non-hydrogen) atoms. The van der Waals surface area contributed by atoms with Gasteiger partial charge in [0.05, 0.1) is 25.6 Å². The second-order valence-corrected chi connectivity index (χ2v) is 5.18. The fourth-order valence-electron chi connectivity index (χ4n) is 1.84. The molecular weight excluding hydrogens is 290 g/mol. The van der Waals surface area contributed by atoms with Gasteiger partial charge >= 0.3 is 6.03 Å². The Kier molecular flexibility index (Phi) is 4.02. The normalized spacial score (nSPS) is 10.5. The van der Waals surface area contributed by atoms with Crippen molar-refractivity contribution < 1.29 is 13.6 Å². The monoisotopic (exact) mass is 303 g/mol. The SMILES string of the molecule is O=C(Nc1nccs1)N(Cc1ccco1)Cc1ccco1. The molecule has 3 rings (SSSR count). The van der Waals surface area contributed by atoms with E-state index in [1.807, 2.05) is 12.1 Å². The Morgan fingerprint density at radius 3 is 2.33 bits per heavy atom. The molecule has 3 heterocycles. The number of nitrogens with zero attached hydrogens (tertiary/aromatic N) is 2. The number of amides is 2. The van der Waals surface area contributed by atoms with E-state index in [1.54, 1.807) is 41.1 Å². The number of thiazole rings is 1. The van der Waals surface area contributed by atoms with E-state index < -0.39 is 0 Å². The fraction of sp³-hybridized carbons (Fsp3) is 0.143. The van der Waals surface area contributed by atoms with Crippen molar-refractivity contribution in [1.29, 1.82) is 0 Å². The molecule has 7 heteroatoms. The number of aromatic nitrogens is 1. The van der Waals surface area contributed by atoms with Gasteiger partial charge in [-0.15, -0.1) is 11.3 Å². The van der Waals surface area contributed by atoms with Gasteiger partial charge in [-0.05, 0) is 24.3 Å². The van der Waals surface area contributed by atoms with Crippen LogP contribution in [0.2, 0.25) is 0 Å². The quantitative estimate of drug-likeness (QED) is 0.782. The average molecular weight is 303 g/mol. The highest BCUT2D eigenvalue weighted by molar-refractivity contribution is 7.13.